The summed E-state index contributed by atoms with van der Waals surface area (Å²) in [6, 6.07) is 2.02. The molecule has 0 aromatic carbocycles. The van der Waals surface area contributed by atoms with Gasteiger partial charge in [-0.15, -0.1) is 0 Å². The second-order valence-corrected chi connectivity index (χ2v) is 5.51. The predicted molar refractivity (Wildman–Crippen MR) is 72.5 cm³/mol. The van der Waals surface area contributed by atoms with Gasteiger partial charge < -0.3 is 10.2 Å². The molecule has 4 heteroatoms. The van der Waals surface area contributed by atoms with E-state index in [4.69, 9.17) is 0 Å². The number of aryl methyl sites for hydroxylation is 2. The molecule has 4 nitrogen and oxygen atoms in total. The van der Waals surface area contributed by atoms with Crippen molar-refractivity contribution >= 4 is 5.82 Å². The topological polar surface area (TPSA) is 41.0 Å². The average molecular weight is 236 g/mol. The van der Waals surface area contributed by atoms with Crippen LogP contribution in [0.2, 0.25) is 0 Å². The Morgan fingerprint density at radius 3 is 2.41 bits per heavy atom. The molecule has 0 amide bonds. The SMILES string of the molecule is Cc1cc(N(C)CCNC(C)(C)C)nc(C)n1. The van der Waals surface area contributed by atoms with Gasteiger partial charge >= 0.3 is 0 Å². The van der Waals surface area contributed by atoms with Crippen LogP contribution < -0.4 is 10.2 Å². The van der Waals surface area contributed by atoms with Crippen molar-refractivity contribution < 1.29 is 0 Å². The van der Waals surface area contributed by atoms with Gasteiger partial charge in [-0.05, 0) is 34.6 Å². The van der Waals surface area contributed by atoms with Gasteiger partial charge in [-0.3, -0.25) is 0 Å². The van der Waals surface area contributed by atoms with Crippen LogP contribution in [0.25, 0.3) is 0 Å². The highest BCUT2D eigenvalue weighted by molar-refractivity contribution is 5.38. The Kier molecular flexibility index (Phi) is 4.46. The lowest BCUT2D eigenvalue weighted by Gasteiger charge is -2.24. The molecule has 0 aliphatic rings. The van der Waals surface area contributed by atoms with Gasteiger partial charge in [-0.2, -0.15) is 0 Å². The van der Waals surface area contributed by atoms with Crippen LogP contribution in [0.4, 0.5) is 5.82 Å². The minimum atomic E-state index is 0.165. The monoisotopic (exact) mass is 236 g/mol. The first kappa shape index (κ1) is 13.9. The molecule has 17 heavy (non-hydrogen) atoms. The molecule has 1 rings (SSSR count). The number of rotatable bonds is 4. The fourth-order valence-electron chi connectivity index (χ4n) is 1.61. The Morgan fingerprint density at radius 1 is 1.24 bits per heavy atom. The Bertz CT molecular complexity index is 348. The normalized spacial score (nSPS) is 11.6. The third-order valence-corrected chi connectivity index (χ3v) is 2.45. The van der Waals surface area contributed by atoms with Crippen molar-refractivity contribution in [2.75, 3.05) is 25.0 Å². The Hall–Kier alpha value is -1.16. The van der Waals surface area contributed by atoms with E-state index in [2.05, 4.69) is 48.0 Å². The van der Waals surface area contributed by atoms with E-state index < -0.39 is 0 Å². The maximum absolute atomic E-state index is 4.44. The van der Waals surface area contributed by atoms with Gasteiger partial charge in [0.1, 0.15) is 11.6 Å². The highest BCUT2D eigenvalue weighted by Crippen LogP contribution is 2.10. The largest absolute Gasteiger partial charge is 0.358 e. The molecule has 0 radical (unpaired) electrons. The summed E-state index contributed by atoms with van der Waals surface area (Å²) in [5.41, 5.74) is 1.18. The molecule has 0 bridgehead atoms. The van der Waals surface area contributed by atoms with E-state index in [1.807, 2.05) is 19.9 Å². The van der Waals surface area contributed by atoms with Gasteiger partial charge in [0.15, 0.2) is 0 Å². The molecule has 1 aromatic heterocycles. The smallest absolute Gasteiger partial charge is 0.132 e. The zero-order valence-corrected chi connectivity index (χ0v) is 11.8. The van der Waals surface area contributed by atoms with Crippen LogP contribution >= 0.6 is 0 Å². The van der Waals surface area contributed by atoms with Crippen LogP contribution in [0, 0.1) is 13.8 Å². The molecule has 0 saturated carbocycles. The lowest BCUT2D eigenvalue weighted by atomic mass is 10.1. The zero-order valence-electron chi connectivity index (χ0n) is 11.8. The van der Waals surface area contributed by atoms with Crippen LogP contribution in [-0.2, 0) is 0 Å². The van der Waals surface area contributed by atoms with E-state index in [0.29, 0.717) is 0 Å². The number of hydrogen-bond acceptors (Lipinski definition) is 4. The highest BCUT2D eigenvalue weighted by atomic mass is 15.2. The van der Waals surface area contributed by atoms with E-state index in [1.54, 1.807) is 0 Å². The van der Waals surface area contributed by atoms with Crippen molar-refractivity contribution in [2.24, 2.45) is 0 Å². The molecular formula is C13H24N4. The quantitative estimate of drug-likeness (QED) is 0.867. The first-order chi connectivity index (χ1) is 7.78. The van der Waals surface area contributed by atoms with Crippen molar-refractivity contribution in [3.63, 3.8) is 0 Å². The number of nitrogens with one attached hydrogen (secondary N) is 1. The van der Waals surface area contributed by atoms with E-state index in [-0.39, 0.29) is 5.54 Å². The molecular weight excluding hydrogens is 212 g/mol. The molecule has 0 atom stereocenters. The average Bonchev–Trinajstić information content (AvgIpc) is 2.13. The van der Waals surface area contributed by atoms with Crippen LogP contribution in [0.5, 0.6) is 0 Å². The van der Waals surface area contributed by atoms with Crippen LogP contribution in [-0.4, -0.2) is 35.6 Å². The van der Waals surface area contributed by atoms with E-state index >= 15 is 0 Å². The predicted octanol–water partition coefficient (Wildman–Crippen LogP) is 1.92. The lowest BCUT2D eigenvalue weighted by molar-refractivity contribution is 0.430. The standard InChI is InChI=1S/C13H24N4/c1-10-9-12(16-11(2)15-10)17(6)8-7-14-13(3,4)5/h9,14H,7-8H2,1-6H3. The Morgan fingerprint density at radius 2 is 1.88 bits per heavy atom. The number of hydrogen-bond donors (Lipinski definition) is 1. The summed E-state index contributed by atoms with van der Waals surface area (Å²) in [6.45, 7) is 12.3. The van der Waals surface area contributed by atoms with Crippen LogP contribution in [0.1, 0.15) is 32.3 Å². The molecule has 96 valence electrons. The van der Waals surface area contributed by atoms with Gasteiger partial charge in [-0.25, -0.2) is 9.97 Å². The molecule has 1 N–H and O–H groups in total. The highest BCUT2D eigenvalue weighted by Gasteiger charge is 2.09. The molecule has 0 spiro atoms. The Balaban J connectivity index is 2.55. The van der Waals surface area contributed by atoms with E-state index in [0.717, 1.165) is 30.4 Å². The van der Waals surface area contributed by atoms with Crippen molar-refractivity contribution in [1.29, 1.82) is 0 Å². The summed E-state index contributed by atoms with van der Waals surface area (Å²) < 4.78 is 0. The molecule has 0 aliphatic carbocycles. The summed E-state index contributed by atoms with van der Waals surface area (Å²) >= 11 is 0. The van der Waals surface area contributed by atoms with Gasteiger partial charge in [-0.1, -0.05) is 0 Å². The second-order valence-electron chi connectivity index (χ2n) is 5.51. The van der Waals surface area contributed by atoms with Crippen LogP contribution in [0.3, 0.4) is 0 Å². The fourth-order valence-corrected chi connectivity index (χ4v) is 1.61. The summed E-state index contributed by atoms with van der Waals surface area (Å²) in [5, 5.41) is 3.47. The van der Waals surface area contributed by atoms with E-state index in [1.165, 1.54) is 0 Å². The second kappa shape index (κ2) is 5.45. The van der Waals surface area contributed by atoms with Crippen LogP contribution in [0.15, 0.2) is 6.07 Å². The van der Waals surface area contributed by atoms with Crippen molar-refractivity contribution in [2.45, 2.75) is 40.2 Å². The summed E-state index contributed by atoms with van der Waals surface area (Å²) in [7, 11) is 2.06. The summed E-state index contributed by atoms with van der Waals surface area (Å²) in [6.07, 6.45) is 0. The van der Waals surface area contributed by atoms with Gasteiger partial charge in [0.2, 0.25) is 0 Å². The molecule has 0 aliphatic heterocycles. The number of likely N-dealkylation sites (N-methyl/N-ethyl adjacent to an activating group) is 1. The molecule has 1 heterocycles. The molecule has 0 saturated heterocycles. The third-order valence-electron chi connectivity index (χ3n) is 2.45. The minimum absolute atomic E-state index is 0.165. The minimum Gasteiger partial charge on any atom is -0.358 e. The first-order valence-electron chi connectivity index (χ1n) is 6.06. The fraction of sp³-hybridized carbons (Fsp3) is 0.692. The number of aromatic nitrogens is 2. The maximum atomic E-state index is 4.44. The maximum Gasteiger partial charge on any atom is 0.132 e. The Labute approximate surface area is 104 Å². The van der Waals surface area contributed by atoms with Gasteiger partial charge in [0.25, 0.3) is 0 Å². The van der Waals surface area contributed by atoms with Crippen molar-refractivity contribution in [3.05, 3.63) is 17.6 Å². The lowest BCUT2D eigenvalue weighted by Crippen LogP contribution is -2.40. The zero-order chi connectivity index (χ0) is 13.1. The molecule has 1 aromatic rings. The van der Waals surface area contributed by atoms with E-state index in [9.17, 15) is 0 Å². The van der Waals surface area contributed by atoms with Crippen molar-refractivity contribution in [1.82, 2.24) is 15.3 Å². The summed E-state index contributed by atoms with van der Waals surface area (Å²) in [5.74, 6) is 1.82. The number of anilines is 1. The third kappa shape index (κ3) is 5.13. The summed E-state index contributed by atoms with van der Waals surface area (Å²) in [4.78, 5) is 10.9. The first-order valence-corrected chi connectivity index (χ1v) is 6.06. The van der Waals surface area contributed by atoms with Crippen molar-refractivity contribution in [3.8, 4) is 0 Å². The molecule has 0 fully saturated rings. The molecule has 0 unspecified atom stereocenters. The van der Waals surface area contributed by atoms with Gasteiger partial charge in [0, 0.05) is 37.4 Å². The number of nitrogens with zero attached hydrogens (tertiary/aromatic N) is 3. The van der Waals surface area contributed by atoms with Gasteiger partial charge in [0.05, 0.1) is 0 Å².